The van der Waals surface area contributed by atoms with Crippen molar-refractivity contribution in [1.82, 2.24) is 5.32 Å². The third kappa shape index (κ3) is 5.13. The molecule has 0 fully saturated rings. The van der Waals surface area contributed by atoms with Crippen molar-refractivity contribution in [3.05, 3.63) is 48.0 Å². The second-order valence-corrected chi connectivity index (χ2v) is 6.45. The van der Waals surface area contributed by atoms with Gasteiger partial charge < -0.3 is 25.0 Å². The molecule has 0 atom stereocenters. The van der Waals surface area contributed by atoms with Gasteiger partial charge in [-0.15, -0.1) is 0 Å². The average molecular weight is 369 g/mol. The van der Waals surface area contributed by atoms with E-state index in [0.717, 1.165) is 17.0 Å². The van der Waals surface area contributed by atoms with E-state index >= 15 is 0 Å². The molecule has 3 rings (SSSR count). The number of hydrogen-bond donors (Lipinski definition) is 2. The molecule has 0 saturated heterocycles. The Morgan fingerprint density at radius 1 is 1.00 bits per heavy atom. The van der Waals surface area contributed by atoms with Crippen molar-refractivity contribution in [3.8, 4) is 11.5 Å². The number of anilines is 2. The third-order valence-corrected chi connectivity index (χ3v) is 4.19. The van der Waals surface area contributed by atoms with Crippen molar-refractivity contribution in [2.75, 3.05) is 37.6 Å². The summed E-state index contributed by atoms with van der Waals surface area (Å²) in [5, 5.41) is 5.40. The van der Waals surface area contributed by atoms with Crippen LogP contribution in [0.4, 0.5) is 11.4 Å². The molecule has 1 aliphatic rings. The minimum absolute atomic E-state index is 0.0601. The van der Waals surface area contributed by atoms with Gasteiger partial charge in [-0.25, -0.2) is 0 Å². The summed E-state index contributed by atoms with van der Waals surface area (Å²) in [6.07, 6.45) is 0.862. The van der Waals surface area contributed by atoms with Gasteiger partial charge in [-0.1, -0.05) is 6.07 Å². The topological polar surface area (TPSA) is 79.9 Å². The van der Waals surface area contributed by atoms with E-state index in [9.17, 15) is 9.59 Å². The number of ether oxygens (including phenoxy) is 2. The van der Waals surface area contributed by atoms with Gasteiger partial charge in [0.15, 0.2) is 11.5 Å². The summed E-state index contributed by atoms with van der Waals surface area (Å²) in [4.78, 5) is 25.9. The fourth-order valence-corrected chi connectivity index (χ4v) is 2.67. The molecule has 1 aliphatic heterocycles. The smallest absolute Gasteiger partial charge is 0.243 e. The summed E-state index contributed by atoms with van der Waals surface area (Å²) < 4.78 is 10.6. The Morgan fingerprint density at radius 3 is 2.48 bits per heavy atom. The van der Waals surface area contributed by atoms with Gasteiger partial charge in [0, 0.05) is 31.9 Å². The summed E-state index contributed by atoms with van der Waals surface area (Å²) in [5.74, 6) is 0.987. The molecule has 0 unspecified atom stereocenters. The van der Waals surface area contributed by atoms with Crippen LogP contribution in [-0.2, 0) is 16.0 Å². The van der Waals surface area contributed by atoms with Crippen molar-refractivity contribution in [1.29, 1.82) is 0 Å². The van der Waals surface area contributed by atoms with E-state index in [1.54, 1.807) is 0 Å². The van der Waals surface area contributed by atoms with Crippen molar-refractivity contribution >= 4 is 23.2 Å². The van der Waals surface area contributed by atoms with Crippen molar-refractivity contribution in [2.24, 2.45) is 0 Å². The molecule has 0 aromatic heterocycles. The monoisotopic (exact) mass is 369 g/mol. The van der Waals surface area contributed by atoms with Gasteiger partial charge in [0.2, 0.25) is 18.6 Å². The predicted octanol–water partition coefficient (Wildman–Crippen LogP) is 2.17. The van der Waals surface area contributed by atoms with E-state index in [2.05, 4.69) is 10.6 Å². The Bertz CT molecular complexity index is 818. The molecule has 0 aliphatic carbocycles. The first-order valence-corrected chi connectivity index (χ1v) is 8.74. The van der Waals surface area contributed by atoms with Gasteiger partial charge >= 0.3 is 0 Å². The summed E-state index contributed by atoms with van der Waals surface area (Å²) in [5.41, 5.74) is 2.73. The summed E-state index contributed by atoms with van der Waals surface area (Å²) >= 11 is 0. The molecule has 2 aromatic rings. The lowest BCUT2D eigenvalue weighted by Gasteiger charge is -2.13. The maximum absolute atomic E-state index is 12.0. The first-order chi connectivity index (χ1) is 13.0. The van der Waals surface area contributed by atoms with Crippen LogP contribution in [0, 0.1) is 0 Å². The summed E-state index contributed by atoms with van der Waals surface area (Å²) in [6, 6.07) is 13.1. The van der Waals surface area contributed by atoms with Crippen LogP contribution in [0.2, 0.25) is 0 Å². The number of benzene rings is 2. The lowest BCUT2D eigenvalue weighted by Crippen LogP contribution is -2.32. The van der Waals surface area contributed by atoms with Crippen molar-refractivity contribution < 1.29 is 19.1 Å². The molecule has 0 radical (unpaired) electrons. The van der Waals surface area contributed by atoms with E-state index in [0.29, 0.717) is 24.3 Å². The minimum Gasteiger partial charge on any atom is -0.454 e. The fraction of sp³-hybridized carbons (Fsp3) is 0.300. The zero-order valence-corrected chi connectivity index (χ0v) is 15.5. The highest BCUT2D eigenvalue weighted by molar-refractivity contribution is 5.94. The predicted molar refractivity (Wildman–Crippen MR) is 103 cm³/mol. The highest BCUT2D eigenvalue weighted by Crippen LogP contribution is 2.32. The number of fused-ring (bicyclic) bond motifs is 1. The molecule has 0 saturated carbocycles. The van der Waals surface area contributed by atoms with Crippen LogP contribution < -0.4 is 25.0 Å². The van der Waals surface area contributed by atoms with E-state index in [1.165, 1.54) is 0 Å². The molecule has 2 aromatic carbocycles. The van der Waals surface area contributed by atoms with E-state index in [4.69, 9.17) is 9.47 Å². The molecule has 0 spiro atoms. The second-order valence-electron chi connectivity index (χ2n) is 6.45. The minimum atomic E-state index is -0.260. The van der Waals surface area contributed by atoms with Crippen LogP contribution >= 0.6 is 0 Å². The van der Waals surface area contributed by atoms with Gasteiger partial charge in [-0.2, -0.15) is 0 Å². The van der Waals surface area contributed by atoms with Crippen LogP contribution in [0.25, 0.3) is 0 Å². The molecule has 7 heteroatoms. The normalized spacial score (nSPS) is 11.8. The number of carbonyl (C=O) groups is 2. The summed E-state index contributed by atoms with van der Waals surface area (Å²) in [7, 11) is 3.90. The molecule has 27 heavy (non-hydrogen) atoms. The number of nitrogens with one attached hydrogen (secondary N) is 2. The number of nitrogens with zero attached hydrogens (tertiary/aromatic N) is 1. The summed E-state index contributed by atoms with van der Waals surface area (Å²) in [6.45, 7) is 0.168. The van der Waals surface area contributed by atoms with Gasteiger partial charge in [0.1, 0.15) is 0 Å². The van der Waals surface area contributed by atoms with Crippen LogP contribution in [0.15, 0.2) is 42.5 Å². The Kier molecular flexibility index (Phi) is 5.80. The van der Waals surface area contributed by atoms with Crippen molar-refractivity contribution in [3.63, 3.8) is 0 Å². The molecule has 2 amide bonds. The van der Waals surface area contributed by atoms with Crippen LogP contribution in [0.1, 0.15) is 12.0 Å². The van der Waals surface area contributed by atoms with Crippen LogP contribution in [-0.4, -0.2) is 39.2 Å². The van der Waals surface area contributed by atoms with E-state index in [1.807, 2.05) is 61.5 Å². The standard InChI is InChI=1S/C20H23N3O4/c1-23(2)16-7-5-15(6-8-16)22-20(25)12-21-19(24)10-4-14-3-9-17-18(11-14)27-13-26-17/h3,5-9,11H,4,10,12-13H2,1-2H3,(H,21,24)(H,22,25). The molecular formula is C20H23N3O4. The maximum atomic E-state index is 12.0. The van der Waals surface area contributed by atoms with Crippen molar-refractivity contribution in [2.45, 2.75) is 12.8 Å². The number of aryl methyl sites for hydroxylation is 1. The average Bonchev–Trinajstić information content (AvgIpc) is 3.13. The van der Waals surface area contributed by atoms with E-state index in [-0.39, 0.29) is 25.2 Å². The quantitative estimate of drug-likeness (QED) is 0.782. The fourth-order valence-electron chi connectivity index (χ4n) is 2.67. The first kappa shape index (κ1) is 18.6. The largest absolute Gasteiger partial charge is 0.454 e. The number of rotatable bonds is 7. The zero-order valence-electron chi connectivity index (χ0n) is 15.5. The molecule has 1 heterocycles. The Labute approximate surface area is 158 Å². The van der Waals surface area contributed by atoms with Crippen LogP contribution in [0.3, 0.4) is 0 Å². The van der Waals surface area contributed by atoms with E-state index < -0.39 is 0 Å². The van der Waals surface area contributed by atoms with Gasteiger partial charge in [-0.3, -0.25) is 9.59 Å². The zero-order chi connectivity index (χ0) is 19.2. The number of hydrogen-bond acceptors (Lipinski definition) is 5. The number of carbonyl (C=O) groups excluding carboxylic acids is 2. The lowest BCUT2D eigenvalue weighted by molar-refractivity contribution is -0.124. The molecule has 0 bridgehead atoms. The Balaban J connectivity index is 1.40. The lowest BCUT2D eigenvalue weighted by atomic mass is 10.1. The Hall–Kier alpha value is -3.22. The third-order valence-electron chi connectivity index (χ3n) is 4.19. The maximum Gasteiger partial charge on any atom is 0.243 e. The SMILES string of the molecule is CN(C)c1ccc(NC(=O)CNC(=O)CCc2ccc3c(c2)OCO3)cc1. The Morgan fingerprint density at radius 2 is 1.74 bits per heavy atom. The van der Waals surface area contributed by atoms with Gasteiger partial charge in [0.25, 0.3) is 0 Å². The second kappa shape index (κ2) is 8.44. The molecule has 7 nitrogen and oxygen atoms in total. The molecule has 2 N–H and O–H groups in total. The van der Waals surface area contributed by atoms with Crippen LogP contribution in [0.5, 0.6) is 11.5 Å². The number of amides is 2. The van der Waals surface area contributed by atoms with Gasteiger partial charge in [0.05, 0.1) is 6.54 Å². The highest BCUT2D eigenvalue weighted by Gasteiger charge is 2.14. The molecular weight excluding hydrogens is 346 g/mol. The first-order valence-electron chi connectivity index (χ1n) is 8.74. The molecule has 142 valence electrons. The highest BCUT2D eigenvalue weighted by atomic mass is 16.7. The van der Waals surface area contributed by atoms with Gasteiger partial charge in [-0.05, 0) is 48.4 Å².